The van der Waals surface area contributed by atoms with Crippen molar-refractivity contribution in [2.24, 2.45) is 0 Å². The zero-order valence-corrected chi connectivity index (χ0v) is 11.3. The number of benzene rings is 1. The van der Waals surface area contributed by atoms with Gasteiger partial charge < -0.3 is 14.6 Å². The summed E-state index contributed by atoms with van der Waals surface area (Å²) in [5.74, 6) is 0.125. The second kappa shape index (κ2) is 5.17. The summed E-state index contributed by atoms with van der Waals surface area (Å²) < 4.78 is 45.8. The van der Waals surface area contributed by atoms with E-state index in [0.717, 1.165) is 0 Å². The third-order valence-electron chi connectivity index (χ3n) is 3.45. The normalized spacial score (nSPS) is 20.9. The molecule has 0 amide bonds. The molecule has 1 aliphatic rings. The lowest BCUT2D eigenvalue weighted by Crippen LogP contribution is -2.34. The highest BCUT2D eigenvalue weighted by Crippen LogP contribution is 2.40. The molecule has 2 aromatic rings. The molecule has 1 aromatic carbocycles. The number of halogens is 3. The molecule has 22 heavy (non-hydrogen) atoms. The Morgan fingerprint density at radius 2 is 1.91 bits per heavy atom. The van der Waals surface area contributed by atoms with Crippen LogP contribution in [-0.4, -0.2) is 23.1 Å². The van der Waals surface area contributed by atoms with Gasteiger partial charge in [-0.25, -0.2) is 0 Å². The number of pyridine rings is 1. The van der Waals surface area contributed by atoms with Gasteiger partial charge in [-0.3, -0.25) is 4.98 Å². The fraction of sp³-hybridized carbons (Fsp3) is 0.267. The van der Waals surface area contributed by atoms with E-state index in [-0.39, 0.29) is 18.8 Å². The Morgan fingerprint density at radius 1 is 1.18 bits per heavy atom. The Morgan fingerprint density at radius 3 is 2.59 bits per heavy atom. The lowest BCUT2D eigenvalue weighted by Gasteiger charge is -2.33. The van der Waals surface area contributed by atoms with Gasteiger partial charge in [0.15, 0.2) is 0 Å². The fourth-order valence-corrected chi connectivity index (χ4v) is 2.46. The summed E-state index contributed by atoms with van der Waals surface area (Å²) in [5, 5.41) is 10.9. The summed E-state index contributed by atoms with van der Waals surface area (Å²) in [7, 11) is 0. The van der Waals surface area contributed by atoms with Crippen LogP contribution in [0.15, 0.2) is 42.6 Å². The molecule has 116 valence electrons. The molecule has 1 N–H and O–H groups in total. The van der Waals surface area contributed by atoms with Gasteiger partial charge in [-0.05, 0) is 29.8 Å². The van der Waals surface area contributed by atoms with Crippen LogP contribution in [0.1, 0.15) is 17.7 Å². The van der Waals surface area contributed by atoms with Crippen molar-refractivity contribution in [1.29, 1.82) is 0 Å². The Balaban J connectivity index is 1.94. The summed E-state index contributed by atoms with van der Waals surface area (Å²) >= 11 is 0. The average molecular weight is 311 g/mol. The summed E-state index contributed by atoms with van der Waals surface area (Å²) in [6.45, 7) is 0.288. The number of rotatable bonds is 2. The third-order valence-corrected chi connectivity index (χ3v) is 3.45. The smallest absolute Gasteiger partial charge is 0.491 e. The molecular formula is C15H12F3NO3. The SMILES string of the molecule is O[C@@]1(c2ccc(OC(F)(F)F)cc2)CCOc2cccnc21. The molecule has 1 aromatic heterocycles. The maximum Gasteiger partial charge on any atom is 0.573 e. The van der Waals surface area contributed by atoms with Gasteiger partial charge in [0.25, 0.3) is 0 Å². The van der Waals surface area contributed by atoms with Crippen molar-refractivity contribution in [3.8, 4) is 11.5 Å². The number of alkyl halides is 3. The van der Waals surface area contributed by atoms with Crippen molar-refractivity contribution in [3.05, 3.63) is 53.9 Å². The van der Waals surface area contributed by atoms with E-state index in [2.05, 4.69) is 9.72 Å². The predicted molar refractivity (Wildman–Crippen MR) is 70.5 cm³/mol. The van der Waals surface area contributed by atoms with E-state index >= 15 is 0 Å². The van der Waals surface area contributed by atoms with E-state index in [0.29, 0.717) is 17.0 Å². The van der Waals surface area contributed by atoms with Crippen molar-refractivity contribution in [2.45, 2.75) is 18.4 Å². The van der Waals surface area contributed by atoms with Crippen molar-refractivity contribution < 1.29 is 27.8 Å². The highest BCUT2D eigenvalue weighted by molar-refractivity contribution is 5.43. The maximum absolute atomic E-state index is 12.2. The van der Waals surface area contributed by atoms with Gasteiger partial charge in [-0.15, -0.1) is 13.2 Å². The van der Waals surface area contributed by atoms with Crippen molar-refractivity contribution >= 4 is 0 Å². The molecule has 0 aliphatic carbocycles. The van der Waals surface area contributed by atoms with E-state index in [1.54, 1.807) is 12.1 Å². The Hall–Kier alpha value is -2.28. The molecule has 1 atom stereocenters. The molecule has 2 heterocycles. The Bertz CT molecular complexity index is 672. The van der Waals surface area contributed by atoms with Gasteiger partial charge in [0.05, 0.1) is 6.61 Å². The first-order valence-corrected chi connectivity index (χ1v) is 6.55. The van der Waals surface area contributed by atoms with Crippen LogP contribution in [0, 0.1) is 0 Å². The number of hydrogen-bond donors (Lipinski definition) is 1. The van der Waals surface area contributed by atoms with Crippen LogP contribution in [0.5, 0.6) is 11.5 Å². The molecular weight excluding hydrogens is 299 g/mol. The quantitative estimate of drug-likeness (QED) is 0.926. The Kier molecular flexibility index (Phi) is 3.44. The van der Waals surface area contributed by atoms with Crippen LogP contribution in [0.4, 0.5) is 13.2 Å². The first kappa shape index (κ1) is 14.6. The van der Waals surface area contributed by atoms with E-state index in [1.165, 1.54) is 30.5 Å². The van der Waals surface area contributed by atoms with Crippen LogP contribution < -0.4 is 9.47 Å². The lowest BCUT2D eigenvalue weighted by atomic mass is 9.85. The largest absolute Gasteiger partial charge is 0.573 e. The zero-order chi connectivity index (χ0) is 15.8. The van der Waals surface area contributed by atoms with Gasteiger partial charge >= 0.3 is 6.36 Å². The number of ether oxygens (including phenoxy) is 2. The number of aromatic nitrogens is 1. The molecule has 0 bridgehead atoms. The minimum atomic E-state index is -4.74. The van der Waals surface area contributed by atoms with Crippen molar-refractivity contribution in [3.63, 3.8) is 0 Å². The van der Waals surface area contributed by atoms with Crippen molar-refractivity contribution in [1.82, 2.24) is 4.98 Å². The lowest BCUT2D eigenvalue weighted by molar-refractivity contribution is -0.274. The van der Waals surface area contributed by atoms with Gasteiger partial charge in [0, 0.05) is 12.6 Å². The second-order valence-electron chi connectivity index (χ2n) is 4.88. The molecule has 3 rings (SSSR count). The minimum Gasteiger partial charge on any atom is -0.491 e. The zero-order valence-electron chi connectivity index (χ0n) is 11.3. The number of aliphatic hydroxyl groups is 1. The Labute approximate surface area is 124 Å². The first-order valence-electron chi connectivity index (χ1n) is 6.55. The predicted octanol–water partition coefficient (Wildman–Crippen LogP) is 3.00. The molecule has 0 fully saturated rings. The van der Waals surface area contributed by atoms with Crippen LogP contribution in [0.25, 0.3) is 0 Å². The topological polar surface area (TPSA) is 51.6 Å². The molecule has 0 unspecified atom stereocenters. The van der Waals surface area contributed by atoms with Crippen LogP contribution >= 0.6 is 0 Å². The second-order valence-corrected chi connectivity index (χ2v) is 4.88. The standard InChI is InChI=1S/C15H12F3NO3/c16-15(17,18)22-11-5-3-10(4-6-11)14(20)7-9-21-12-2-1-8-19-13(12)14/h1-6,8,20H,7,9H2/t14-/m1/s1. The summed E-state index contributed by atoms with van der Waals surface area (Å²) in [6.07, 6.45) is -2.96. The van der Waals surface area contributed by atoms with E-state index in [9.17, 15) is 18.3 Å². The van der Waals surface area contributed by atoms with E-state index in [1.807, 2.05) is 0 Å². The maximum atomic E-state index is 12.2. The molecule has 0 spiro atoms. The first-order chi connectivity index (χ1) is 10.4. The molecule has 1 aliphatic heterocycles. The van der Waals surface area contributed by atoms with E-state index in [4.69, 9.17) is 4.74 Å². The average Bonchev–Trinajstić information content (AvgIpc) is 2.47. The molecule has 4 nitrogen and oxygen atoms in total. The fourth-order valence-electron chi connectivity index (χ4n) is 2.46. The molecule has 0 saturated heterocycles. The van der Waals surface area contributed by atoms with Gasteiger partial charge in [0.1, 0.15) is 22.8 Å². The molecule has 0 radical (unpaired) electrons. The van der Waals surface area contributed by atoms with E-state index < -0.39 is 12.0 Å². The monoisotopic (exact) mass is 311 g/mol. The number of fused-ring (bicyclic) bond motifs is 1. The molecule has 7 heteroatoms. The van der Waals surface area contributed by atoms with Crippen LogP contribution in [0.3, 0.4) is 0 Å². The summed E-state index contributed by atoms with van der Waals surface area (Å²) in [5.41, 5.74) is -0.609. The van der Waals surface area contributed by atoms with Crippen LogP contribution in [0.2, 0.25) is 0 Å². The van der Waals surface area contributed by atoms with Gasteiger partial charge in [0.2, 0.25) is 0 Å². The number of nitrogens with zero attached hydrogens (tertiary/aromatic N) is 1. The highest BCUT2D eigenvalue weighted by Gasteiger charge is 2.39. The highest BCUT2D eigenvalue weighted by atomic mass is 19.4. The summed E-state index contributed by atoms with van der Waals surface area (Å²) in [6, 6.07) is 8.49. The number of hydrogen-bond acceptors (Lipinski definition) is 4. The minimum absolute atomic E-state index is 0.260. The van der Waals surface area contributed by atoms with Gasteiger partial charge in [-0.1, -0.05) is 12.1 Å². The summed E-state index contributed by atoms with van der Waals surface area (Å²) in [4.78, 5) is 4.14. The third kappa shape index (κ3) is 2.71. The van der Waals surface area contributed by atoms with Gasteiger partial charge in [-0.2, -0.15) is 0 Å². The molecule has 0 saturated carbocycles. The van der Waals surface area contributed by atoms with Crippen LogP contribution in [-0.2, 0) is 5.60 Å². The van der Waals surface area contributed by atoms with Crippen molar-refractivity contribution in [2.75, 3.05) is 6.61 Å².